The Labute approximate surface area is 211 Å². The number of nitrogens with one attached hydrogen (secondary N) is 3. The largest absolute Gasteiger partial charge is 0.337 e. The molecule has 3 heterocycles. The fourth-order valence-corrected chi connectivity index (χ4v) is 4.50. The van der Waals surface area contributed by atoms with Gasteiger partial charge in [0.2, 0.25) is 5.91 Å². The SMILES string of the molecule is CCCC(=O)Nc1cncc(-c2ccc3[nH]nc(-c4nc5c(-c6ccc(F)cc6)cccc5[nH]4)c3c2)c1. The monoisotopic (exact) mass is 490 g/mol. The number of anilines is 1. The lowest BCUT2D eigenvalue weighted by Gasteiger charge is -2.07. The Bertz CT molecular complexity index is 1750. The van der Waals surface area contributed by atoms with Crippen LogP contribution in [-0.4, -0.2) is 31.1 Å². The van der Waals surface area contributed by atoms with Crippen molar-refractivity contribution in [3.8, 4) is 33.8 Å². The van der Waals surface area contributed by atoms with Crippen LogP contribution in [-0.2, 0) is 4.79 Å². The number of carbonyl (C=O) groups excluding carboxylic acids is 1. The fraction of sp³-hybridized carbons (Fsp3) is 0.103. The van der Waals surface area contributed by atoms with Crippen molar-refractivity contribution < 1.29 is 9.18 Å². The van der Waals surface area contributed by atoms with E-state index in [1.807, 2.05) is 49.4 Å². The summed E-state index contributed by atoms with van der Waals surface area (Å²) in [5.41, 5.74) is 7.50. The second-order valence-corrected chi connectivity index (χ2v) is 8.89. The highest BCUT2D eigenvalue weighted by Crippen LogP contribution is 2.33. The van der Waals surface area contributed by atoms with Gasteiger partial charge in [-0.15, -0.1) is 0 Å². The van der Waals surface area contributed by atoms with E-state index in [-0.39, 0.29) is 11.7 Å². The molecule has 1 amide bonds. The number of nitrogens with zero attached hydrogens (tertiary/aromatic N) is 3. The van der Waals surface area contributed by atoms with Crippen LogP contribution in [0.25, 0.3) is 55.7 Å². The lowest BCUT2D eigenvalue weighted by atomic mass is 10.0. The van der Waals surface area contributed by atoms with Gasteiger partial charge in [-0.05, 0) is 53.9 Å². The minimum Gasteiger partial charge on any atom is -0.337 e. The van der Waals surface area contributed by atoms with Gasteiger partial charge >= 0.3 is 0 Å². The number of imidazole rings is 1. The Balaban J connectivity index is 1.40. The van der Waals surface area contributed by atoms with Crippen molar-refractivity contribution >= 4 is 33.5 Å². The molecule has 6 rings (SSSR count). The first kappa shape index (κ1) is 22.6. The Morgan fingerprint density at radius 1 is 0.946 bits per heavy atom. The van der Waals surface area contributed by atoms with Gasteiger partial charge < -0.3 is 10.3 Å². The van der Waals surface area contributed by atoms with Crippen molar-refractivity contribution in [2.24, 2.45) is 0 Å². The predicted molar refractivity (Wildman–Crippen MR) is 143 cm³/mol. The van der Waals surface area contributed by atoms with E-state index in [1.54, 1.807) is 24.5 Å². The topological polar surface area (TPSA) is 99.3 Å². The van der Waals surface area contributed by atoms with Gasteiger partial charge in [0.1, 0.15) is 11.5 Å². The van der Waals surface area contributed by atoms with Gasteiger partial charge in [0, 0.05) is 29.1 Å². The first-order chi connectivity index (χ1) is 18.1. The Hall–Kier alpha value is -4.85. The van der Waals surface area contributed by atoms with Crippen LogP contribution in [0.15, 0.2) is 79.1 Å². The molecular formula is C29H23FN6O. The summed E-state index contributed by atoms with van der Waals surface area (Å²) in [5, 5.41) is 11.4. The molecule has 0 saturated carbocycles. The normalized spacial score (nSPS) is 11.3. The number of aromatic nitrogens is 5. The molecule has 37 heavy (non-hydrogen) atoms. The number of fused-ring (bicyclic) bond motifs is 2. The highest BCUT2D eigenvalue weighted by molar-refractivity contribution is 5.98. The summed E-state index contributed by atoms with van der Waals surface area (Å²) in [6.45, 7) is 1.97. The van der Waals surface area contributed by atoms with Crippen molar-refractivity contribution in [3.05, 3.63) is 84.9 Å². The van der Waals surface area contributed by atoms with Gasteiger partial charge in [-0.2, -0.15) is 5.10 Å². The van der Waals surface area contributed by atoms with Gasteiger partial charge in [-0.3, -0.25) is 14.9 Å². The van der Waals surface area contributed by atoms with Gasteiger partial charge in [-0.1, -0.05) is 37.3 Å². The van der Waals surface area contributed by atoms with Crippen molar-refractivity contribution in [1.29, 1.82) is 0 Å². The summed E-state index contributed by atoms with van der Waals surface area (Å²) in [5.74, 6) is 0.326. The summed E-state index contributed by atoms with van der Waals surface area (Å²) in [6, 6.07) is 20.2. The second kappa shape index (κ2) is 9.31. The van der Waals surface area contributed by atoms with Crippen LogP contribution in [0.4, 0.5) is 10.1 Å². The number of H-pyrrole nitrogens is 2. The maximum absolute atomic E-state index is 13.5. The minimum atomic E-state index is -0.276. The molecule has 0 bridgehead atoms. The average molecular weight is 491 g/mol. The van der Waals surface area contributed by atoms with E-state index in [1.165, 1.54) is 12.1 Å². The molecule has 0 radical (unpaired) electrons. The van der Waals surface area contributed by atoms with E-state index in [4.69, 9.17) is 4.98 Å². The zero-order valence-electron chi connectivity index (χ0n) is 20.0. The number of aromatic amines is 2. The highest BCUT2D eigenvalue weighted by atomic mass is 19.1. The van der Waals surface area contributed by atoms with Gasteiger partial charge in [0.15, 0.2) is 5.82 Å². The van der Waals surface area contributed by atoms with E-state index in [2.05, 4.69) is 25.5 Å². The molecule has 0 aliphatic rings. The smallest absolute Gasteiger partial charge is 0.224 e. The lowest BCUT2D eigenvalue weighted by molar-refractivity contribution is -0.116. The Kier molecular flexibility index (Phi) is 5.69. The molecule has 6 aromatic rings. The summed E-state index contributed by atoms with van der Waals surface area (Å²) >= 11 is 0. The number of benzene rings is 3. The molecule has 0 aliphatic carbocycles. The second-order valence-electron chi connectivity index (χ2n) is 8.89. The zero-order valence-corrected chi connectivity index (χ0v) is 20.0. The van der Waals surface area contributed by atoms with Crippen LogP contribution in [0.3, 0.4) is 0 Å². The standard InChI is InChI=1S/C29H23FN6O/c1-2-4-26(37)32-21-13-19(15-31-16-21)18-9-12-24-23(14-18)28(36-35-24)29-33-25-6-3-5-22(27(25)34-29)17-7-10-20(30)11-8-17/h3,5-16H,2,4H2,1H3,(H,32,37)(H,33,34)(H,35,36). The van der Waals surface area contributed by atoms with E-state index in [0.29, 0.717) is 23.6 Å². The number of amides is 1. The maximum atomic E-state index is 13.5. The average Bonchev–Trinajstić information content (AvgIpc) is 3.53. The van der Waals surface area contributed by atoms with E-state index < -0.39 is 0 Å². The highest BCUT2D eigenvalue weighted by Gasteiger charge is 2.16. The van der Waals surface area contributed by atoms with Crippen LogP contribution >= 0.6 is 0 Å². The molecular weight excluding hydrogens is 467 g/mol. The molecule has 0 spiro atoms. The molecule has 8 heteroatoms. The van der Waals surface area contributed by atoms with Crippen LogP contribution in [0, 0.1) is 5.82 Å². The lowest BCUT2D eigenvalue weighted by Crippen LogP contribution is -2.10. The number of rotatable bonds is 6. The maximum Gasteiger partial charge on any atom is 0.224 e. The van der Waals surface area contributed by atoms with E-state index in [9.17, 15) is 9.18 Å². The molecule has 3 aromatic heterocycles. The van der Waals surface area contributed by atoms with Crippen molar-refractivity contribution in [3.63, 3.8) is 0 Å². The van der Waals surface area contributed by atoms with E-state index in [0.717, 1.165) is 50.6 Å². The minimum absolute atomic E-state index is 0.0288. The molecule has 182 valence electrons. The number of halogens is 1. The Morgan fingerprint density at radius 2 is 1.78 bits per heavy atom. The first-order valence-corrected chi connectivity index (χ1v) is 12.1. The third-order valence-electron chi connectivity index (χ3n) is 6.29. The Morgan fingerprint density at radius 3 is 2.62 bits per heavy atom. The molecule has 0 aliphatic heterocycles. The fourth-order valence-electron chi connectivity index (χ4n) is 4.50. The van der Waals surface area contributed by atoms with Gasteiger partial charge in [0.25, 0.3) is 0 Å². The summed E-state index contributed by atoms with van der Waals surface area (Å²) < 4.78 is 13.5. The number of para-hydroxylation sites is 1. The summed E-state index contributed by atoms with van der Waals surface area (Å²) in [4.78, 5) is 24.6. The van der Waals surface area contributed by atoms with Gasteiger partial charge in [0.05, 0.1) is 28.4 Å². The molecule has 0 saturated heterocycles. The summed E-state index contributed by atoms with van der Waals surface area (Å²) in [7, 11) is 0. The molecule has 3 aromatic carbocycles. The van der Waals surface area contributed by atoms with Gasteiger partial charge in [-0.25, -0.2) is 9.37 Å². The third kappa shape index (κ3) is 4.33. The number of hydrogen-bond donors (Lipinski definition) is 3. The summed E-state index contributed by atoms with van der Waals surface area (Å²) in [6.07, 6.45) is 4.67. The molecule has 3 N–H and O–H groups in total. The van der Waals surface area contributed by atoms with Crippen LogP contribution in [0.5, 0.6) is 0 Å². The quantitative estimate of drug-likeness (QED) is 0.241. The predicted octanol–water partition coefficient (Wildman–Crippen LogP) is 6.71. The third-order valence-corrected chi connectivity index (χ3v) is 6.29. The van der Waals surface area contributed by atoms with E-state index >= 15 is 0 Å². The van der Waals surface area contributed by atoms with Crippen molar-refractivity contribution in [2.75, 3.05) is 5.32 Å². The zero-order chi connectivity index (χ0) is 25.4. The molecule has 0 fully saturated rings. The van der Waals surface area contributed by atoms with Crippen LogP contribution < -0.4 is 5.32 Å². The first-order valence-electron chi connectivity index (χ1n) is 12.1. The van der Waals surface area contributed by atoms with Crippen molar-refractivity contribution in [1.82, 2.24) is 25.1 Å². The number of hydrogen-bond acceptors (Lipinski definition) is 4. The molecule has 7 nitrogen and oxygen atoms in total. The number of carbonyl (C=O) groups is 1. The molecule has 0 unspecified atom stereocenters. The number of pyridine rings is 1. The molecule has 0 atom stereocenters. The van der Waals surface area contributed by atoms with Crippen LogP contribution in [0.2, 0.25) is 0 Å². The van der Waals surface area contributed by atoms with Crippen LogP contribution in [0.1, 0.15) is 19.8 Å². The van der Waals surface area contributed by atoms with Crippen molar-refractivity contribution in [2.45, 2.75) is 19.8 Å².